The molecule has 4 aromatic rings. The van der Waals surface area contributed by atoms with E-state index in [9.17, 15) is 19.1 Å². The van der Waals surface area contributed by atoms with Gasteiger partial charge in [0.2, 0.25) is 0 Å². The number of halogens is 2. The molecule has 0 aliphatic carbocycles. The highest BCUT2D eigenvalue weighted by atomic mass is 35.5. The van der Waals surface area contributed by atoms with Gasteiger partial charge in [0.05, 0.1) is 35.5 Å². The van der Waals surface area contributed by atoms with Gasteiger partial charge in [-0.05, 0) is 66.6 Å². The second-order valence-corrected chi connectivity index (χ2v) is 10.3. The molecular formula is C29H24ClFN2O5S. The Morgan fingerprint density at radius 2 is 1.87 bits per heavy atom. The van der Waals surface area contributed by atoms with Crippen LogP contribution in [0.15, 0.2) is 66.2 Å². The molecule has 1 unspecified atom stereocenters. The van der Waals surface area contributed by atoms with Gasteiger partial charge in [-0.1, -0.05) is 42.3 Å². The van der Waals surface area contributed by atoms with Gasteiger partial charge in [0.15, 0.2) is 16.6 Å². The molecular weight excluding hydrogens is 543 g/mol. The van der Waals surface area contributed by atoms with Crippen LogP contribution in [0.25, 0.3) is 16.0 Å². The number of fused-ring (bicyclic) bond motifs is 1. The van der Waals surface area contributed by atoms with E-state index in [1.165, 1.54) is 47.6 Å². The van der Waals surface area contributed by atoms with E-state index in [1.54, 1.807) is 36.4 Å². The molecule has 1 amide bonds. The predicted molar refractivity (Wildman–Crippen MR) is 149 cm³/mol. The number of Topliss-reactive ketones (excluding diaryl/α,β-unsaturated/α-hetero) is 1. The van der Waals surface area contributed by atoms with E-state index in [0.717, 1.165) is 17.5 Å². The Morgan fingerprint density at radius 1 is 1.10 bits per heavy atom. The van der Waals surface area contributed by atoms with Gasteiger partial charge < -0.3 is 14.6 Å². The molecule has 0 radical (unpaired) electrons. The fourth-order valence-electron chi connectivity index (χ4n) is 4.40. The summed E-state index contributed by atoms with van der Waals surface area (Å²) < 4.78 is 25.7. The van der Waals surface area contributed by atoms with Crippen LogP contribution in [0.2, 0.25) is 5.02 Å². The van der Waals surface area contributed by atoms with Gasteiger partial charge >= 0.3 is 5.91 Å². The number of ketones is 1. The zero-order valence-electron chi connectivity index (χ0n) is 21.1. The Kier molecular flexibility index (Phi) is 7.54. The van der Waals surface area contributed by atoms with Gasteiger partial charge in [-0.2, -0.15) is 0 Å². The van der Waals surface area contributed by atoms with Crippen LogP contribution in [0, 0.1) is 5.82 Å². The number of hydrogen-bond donors (Lipinski definition) is 1. The number of ether oxygens (including phenoxy) is 2. The molecule has 1 fully saturated rings. The van der Waals surface area contributed by atoms with E-state index < -0.39 is 29.3 Å². The first-order chi connectivity index (χ1) is 18.8. The van der Waals surface area contributed by atoms with Crippen molar-refractivity contribution in [2.24, 2.45) is 0 Å². The minimum atomic E-state index is -1.04. The summed E-state index contributed by atoms with van der Waals surface area (Å²) in [6, 6.07) is 14.2. The monoisotopic (exact) mass is 566 g/mol. The van der Waals surface area contributed by atoms with E-state index in [2.05, 4.69) is 11.9 Å². The average molecular weight is 567 g/mol. The Labute approximate surface area is 233 Å². The van der Waals surface area contributed by atoms with Gasteiger partial charge in [-0.25, -0.2) is 9.37 Å². The lowest BCUT2D eigenvalue weighted by Crippen LogP contribution is -2.29. The van der Waals surface area contributed by atoms with Crippen LogP contribution in [0.1, 0.15) is 36.9 Å². The number of benzene rings is 3. The van der Waals surface area contributed by atoms with Crippen LogP contribution in [0.3, 0.4) is 0 Å². The number of nitrogens with zero attached hydrogens (tertiary/aromatic N) is 2. The number of methoxy groups -OCH3 is 1. The van der Waals surface area contributed by atoms with Crippen molar-refractivity contribution in [3.63, 3.8) is 0 Å². The van der Waals surface area contributed by atoms with Crippen molar-refractivity contribution < 1.29 is 28.6 Å². The lowest BCUT2D eigenvalue weighted by molar-refractivity contribution is -0.132. The summed E-state index contributed by atoms with van der Waals surface area (Å²) in [6.45, 7) is 2.56. The molecule has 200 valence electrons. The number of carbonyl (C=O) groups is 2. The minimum absolute atomic E-state index is 0.148. The number of thiazole rings is 1. The summed E-state index contributed by atoms with van der Waals surface area (Å²) in [7, 11) is 1.50. The maximum absolute atomic E-state index is 13.6. The lowest BCUT2D eigenvalue weighted by atomic mass is 9.95. The summed E-state index contributed by atoms with van der Waals surface area (Å²) in [5, 5.41) is 12.0. The van der Waals surface area contributed by atoms with Crippen molar-refractivity contribution in [2.45, 2.75) is 25.8 Å². The number of amides is 1. The van der Waals surface area contributed by atoms with Crippen molar-refractivity contribution in [3.8, 4) is 11.5 Å². The number of rotatable bonds is 8. The van der Waals surface area contributed by atoms with E-state index in [-0.39, 0.29) is 16.3 Å². The molecule has 1 aliphatic rings. The SMILES string of the molecule is CCCCOc1ccc(C2C(=C(O)c3ccc(F)cc3)C(=O)C(=O)N2c2nc3ccc(Cl)cc3s2)cc1OC. The second kappa shape index (κ2) is 11.0. The molecule has 39 heavy (non-hydrogen) atoms. The predicted octanol–water partition coefficient (Wildman–Crippen LogP) is 6.90. The Hall–Kier alpha value is -3.95. The molecule has 1 saturated heterocycles. The fraction of sp³-hybridized carbons (Fsp3) is 0.207. The third-order valence-electron chi connectivity index (χ3n) is 6.37. The van der Waals surface area contributed by atoms with Crippen LogP contribution in [0.5, 0.6) is 11.5 Å². The molecule has 0 bridgehead atoms. The summed E-state index contributed by atoms with van der Waals surface area (Å²) >= 11 is 7.35. The summed E-state index contributed by atoms with van der Waals surface area (Å²) in [4.78, 5) is 32.8. The number of hydrogen-bond acceptors (Lipinski definition) is 7. The summed E-state index contributed by atoms with van der Waals surface area (Å²) in [5.74, 6) is -1.74. The molecule has 0 spiro atoms. The molecule has 7 nitrogen and oxygen atoms in total. The minimum Gasteiger partial charge on any atom is -0.507 e. The molecule has 10 heteroatoms. The highest BCUT2D eigenvalue weighted by Gasteiger charge is 2.48. The first-order valence-electron chi connectivity index (χ1n) is 12.3. The van der Waals surface area contributed by atoms with Crippen LogP contribution < -0.4 is 14.4 Å². The topological polar surface area (TPSA) is 89.0 Å². The van der Waals surface area contributed by atoms with Gasteiger partial charge in [0.1, 0.15) is 11.6 Å². The van der Waals surface area contributed by atoms with Crippen LogP contribution in [-0.2, 0) is 9.59 Å². The van der Waals surface area contributed by atoms with Crippen molar-refractivity contribution in [3.05, 3.63) is 88.2 Å². The fourth-order valence-corrected chi connectivity index (χ4v) is 5.67. The third kappa shape index (κ3) is 5.07. The smallest absolute Gasteiger partial charge is 0.301 e. The maximum atomic E-state index is 13.6. The molecule has 0 saturated carbocycles. The number of unbranched alkanes of at least 4 members (excludes halogenated alkanes) is 1. The quantitative estimate of drug-likeness (QED) is 0.108. The third-order valence-corrected chi connectivity index (χ3v) is 7.62. The van der Waals surface area contributed by atoms with Crippen LogP contribution in [0.4, 0.5) is 9.52 Å². The van der Waals surface area contributed by atoms with E-state index in [4.69, 9.17) is 21.1 Å². The highest BCUT2D eigenvalue weighted by molar-refractivity contribution is 7.22. The largest absolute Gasteiger partial charge is 0.507 e. The zero-order chi connectivity index (χ0) is 27.7. The van der Waals surface area contributed by atoms with Gasteiger partial charge in [-0.15, -0.1) is 0 Å². The molecule has 1 aromatic heterocycles. The van der Waals surface area contributed by atoms with E-state index in [0.29, 0.717) is 34.2 Å². The van der Waals surface area contributed by atoms with Crippen molar-refractivity contribution in [1.82, 2.24) is 4.98 Å². The molecule has 3 aromatic carbocycles. The lowest BCUT2D eigenvalue weighted by Gasteiger charge is -2.24. The second-order valence-electron chi connectivity index (χ2n) is 8.90. The molecule has 1 aliphatic heterocycles. The van der Waals surface area contributed by atoms with Gasteiger partial charge in [0, 0.05) is 10.6 Å². The molecule has 1 N–H and O–H groups in total. The van der Waals surface area contributed by atoms with Crippen molar-refractivity contribution in [1.29, 1.82) is 0 Å². The van der Waals surface area contributed by atoms with Crippen molar-refractivity contribution >= 4 is 55.7 Å². The number of anilines is 1. The first kappa shape index (κ1) is 26.6. The molecule has 5 rings (SSSR count). The highest BCUT2D eigenvalue weighted by Crippen LogP contribution is 2.46. The molecule has 1 atom stereocenters. The number of carbonyl (C=O) groups excluding carboxylic acids is 2. The number of aromatic nitrogens is 1. The Morgan fingerprint density at radius 3 is 2.59 bits per heavy atom. The summed E-state index contributed by atoms with van der Waals surface area (Å²) in [6.07, 6.45) is 1.83. The zero-order valence-corrected chi connectivity index (χ0v) is 22.7. The summed E-state index contributed by atoms with van der Waals surface area (Å²) in [5.41, 5.74) is 1.15. The van der Waals surface area contributed by atoms with E-state index in [1.807, 2.05) is 0 Å². The molecule has 2 heterocycles. The normalized spacial score (nSPS) is 16.7. The standard InChI is InChI=1S/C29H24ClFN2O5S/c1-3-4-13-38-21-12-7-17(14-22(21)37-2)25-24(26(34)16-5-9-19(31)10-6-16)27(35)28(36)33(25)29-32-20-11-8-18(30)15-23(20)39-29/h5-12,14-15,25,34H,3-4,13H2,1-2H3. The Balaban J connectivity index is 1.68. The van der Waals surface area contributed by atoms with E-state index >= 15 is 0 Å². The van der Waals surface area contributed by atoms with Crippen molar-refractivity contribution in [2.75, 3.05) is 18.6 Å². The Bertz CT molecular complexity index is 1600. The van der Waals surface area contributed by atoms with Gasteiger partial charge in [-0.3, -0.25) is 14.5 Å². The van der Waals surface area contributed by atoms with Gasteiger partial charge in [0.25, 0.3) is 5.78 Å². The first-order valence-corrected chi connectivity index (χ1v) is 13.5. The maximum Gasteiger partial charge on any atom is 0.301 e. The number of aliphatic hydroxyl groups excluding tert-OH is 1. The number of aliphatic hydroxyl groups is 1. The van der Waals surface area contributed by atoms with Crippen LogP contribution in [-0.4, -0.2) is 35.5 Å². The average Bonchev–Trinajstić information content (AvgIpc) is 3.46. The van der Waals surface area contributed by atoms with Crippen LogP contribution >= 0.6 is 22.9 Å².